The molecule has 0 saturated heterocycles. The maximum absolute atomic E-state index is 12.5. The van der Waals surface area contributed by atoms with Crippen molar-refractivity contribution in [1.82, 2.24) is 5.01 Å². The predicted molar refractivity (Wildman–Crippen MR) is 94.6 cm³/mol. The van der Waals surface area contributed by atoms with E-state index in [0.29, 0.717) is 24.2 Å². The van der Waals surface area contributed by atoms with Gasteiger partial charge in [-0.1, -0.05) is 25.1 Å². The minimum Gasteiger partial charge on any atom is -0.504 e. The number of methoxy groups -OCH3 is 1. The number of hydrogen-bond donors (Lipinski definition) is 1. The summed E-state index contributed by atoms with van der Waals surface area (Å²) in [6.07, 6.45) is 1.77. The van der Waals surface area contributed by atoms with E-state index in [1.165, 1.54) is 12.1 Å². The zero-order valence-electron chi connectivity index (χ0n) is 13.7. The number of para-hydroxylation sites is 1. The Hall–Kier alpha value is -2.34. The third kappa shape index (κ3) is 3.01. The van der Waals surface area contributed by atoms with Crippen molar-refractivity contribution in [3.8, 4) is 11.5 Å². The molecule has 0 radical (unpaired) electrons. The smallest absolute Gasteiger partial charge is 0.243 e. The Bertz CT molecular complexity index is 756. The topological polar surface area (TPSA) is 62.1 Å². The van der Waals surface area contributed by atoms with E-state index in [9.17, 15) is 9.90 Å². The van der Waals surface area contributed by atoms with Crippen molar-refractivity contribution in [2.75, 3.05) is 7.11 Å². The van der Waals surface area contributed by atoms with Crippen molar-refractivity contribution in [1.29, 1.82) is 0 Å². The normalized spacial score (nSPS) is 17.0. The molecule has 5 nitrogen and oxygen atoms in total. The molecule has 0 aliphatic carbocycles. The van der Waals surface area contributed by atoms with Gasteiger partial charge in [-0.05, 0) is 23.9 Å². The van der Waals surface area contributed by atoms with E-state index in [4.69, 9.17) is 4.74 Å². The van der Waals surface area contributed by atoms with Crippen molar-refractivity contribution < 1.29 is 14.6 Å². The minimum absolute atomic E-state index is 0.0312. The molecule has 1 N–H and O–H groups in total. The van der Waals surface area contributed by atoms with Crippen molar-refractivity contribution in [3.05, 3.63) is 46.2 Å². The van der Waals surface area contributed by atoms with Crippen LogP contribution in [0.1, 0.15) is 42.7 Å². The molecule has 24 heavy (non-hydrogen) atoms. The van der Waals surface area contributed by atoms with Gasteiger partial charge in [-0.2, -0.15) is 5.10 Å². The fraction of sp³-hybridized carbons (Fsp3) is 0.333. The number of ether oxygens (including phenoxy) is 1. The van der Waals surface area contributed by atoms with Gasteiger partial charge in [-0.3, -0.25) is 4.79 Å². The number of hydrogen-bond acceptors (Lipinski definition) is 5. The summed E-state index contributed by atoms with van der Waals surface area (Å²) >= 11 is 1.60. The summed E-state index contributed by atoms with van der Waals surface area (Å²) in [5.74, 6) is 0.443. The molecule has 126 valence electrons. The van der Waals surface area contributed by atoms with Crippen LogP contribution in [0.5, 0.6) is 11.5 Å². The summed E-state index contributed by atoms with van der Waals surface area (Å²) in [7, 11) is 1.51. The van der Waals surface area contributed by atoms with Crippen LogP contribution in [0, 0.1) is 0 Å². The van der Waals surface area contributed by atoms with Crippen LogP contribution in [0.3, 0.4) is 0 Å². The van der Waals surface area contributed by atoms with Gasteiger partial charge >= 0.3 is 0 Å². The highest BCUT2D eigenvalue weighted by atomic mass is 32.1. The molecule has 3 rings (SSSR count). The van der Waals surface area contributed by atoms with Crippen LogP contribution in [-0.2, 0) is 4.79 Å². The lowest BCUT2D eigenvalue weighted by molar-refractivity contribution is -0.133. The number of phenols is 1. The molecular weight excluding hydrogens is 324 g/mol. The van der Waals surface area contributed by atoms with E-state index in [1.807, 2.05) is 36.6 Å². The summed E-state index contributed by atoms with van der Waals surface area (Å²) in [4.78, 5) is 13.6. The van der Waals surface area contributed by atoms with Crippen molar-refractivity contribution >= 4 is 23.0 Å². The quantitative estimate of drug-likeness (QED) is 0.893. The monoisotopic (exact) mass is 344 g/mol. The van der Waals surface area contributed by atoms with Gasteiger partial charge in [0.1, 0.15) is 0 Å². The van der Waals surface area contributed by atoms with Crippen LogP contribution in [-0.4, -0.2) is 28.8 Å². The average Bonchev–Trinajstić information content (AvgIpc) is 3.24. The molecule has 1 aromatic heterocycles. The van der Waals surface area contributed by atoms with Crippen molar-refractivity contribution in [2.45, 2.75) is 32.2 Å². The van der Waals surface area contributed by atoms with Gasteiger partial charge in [0.15, 0.2) is 11.5 Å². The lowest BCUT2D eigenvalue weighted by atomic mass is 9.99. The number of phenolic OH excluding ortho intramolecular Hbond substituents is 1. The number of nitrogens with zero attached hydrogens (tertiary/aromatic N) is 2. The van der Waals surface area contributed by atoms with Crippen molar-refractivity contribution in [2.24, 2.45) is 5.10 Å². The van der Waals surface area contributed by atoms with Gasteiger partial charge in [-0.25, -0.2) is 5.01 Å². The molecule has 0 spiro atoms. The first kappa shape index (κ1) is 16.5. The number of benzene rings is 1. The summed E-state index contributed by atoms with van der Waals surface area (Å²) in [6.45, 7) is 1.97. The fourth-order valence-corrected chi connectivity index (χ4v) is 3.60. The standard InChI is InChI=1S/C18H20N2O3S/c1-3-6-17(21)20-14(11-13(19-20)16-9-5-10-24-16)12-7-4-8-15(23-2)18(12)22/h4-5,7-10,14,22H,3,6,11H2,1-2H3/t14-/m0/s1. The molecule has 0 fully saturated rings. The average molecular weight is 344 g/mol. The summed E-state index contributed by atoms with van der Waals surface area (Å²) in [5.41, 5.74) is 1.54. The summed E-state index contributed by atoms with van der Waals surface area (Å²) in [5, 5.41) is 18.6. The number of aromatic hydroxyl groups is 1. The third-order valence-electron chi connectivity index (χ3n) is 4.04. The highest BCUT2D eigenvalue weighted by Crippen LogP contribution is 2.41. The Morgan fingerprint density at radius 1 is 1.42 bits per heavy atom. The molecule has 2 heterocycles. The van der Waals surface area contributed by atoms with Crippen LogP contribution < -0.4 is 4.74 Å². The molecule has 1 aliphatic rings. The molecule has 1 aromatic carbocycles. The maximum Gasteiger partial charge on any atom is 0.243 e. The largest absolute Gasteiger partial charge is 0.504 e. The molecule has 0 saturated carbocycles. The number of amides is 1. The second kappa shape index (κ2) is 7.05. The Balaban J connectivity index is 1.98. The number of hydrazone groups is 1. The second-order valence-electron chi connectivity index (χ2n) is 5.63. The fourth-order valence-electron chi connectivity index (χ4n) is 2.88. The molecule has 0 unspecified atom stereocenters. The van der Waals surface area contributed by atoms with Gasteiger partial charge in [-0.15, -0.1) is 11.3 Å². The van der Waals surface area contributed by atoms with Gasteiger partial charge < -0.3 is 9.84 Å². The second-order valence-corrected chi connectivity index (χ2v) is 6.58. The number of carbonyl (C=O) groups excluding carboxylic acids is 1. The predicted octanol–water partition coefficient (Wildman–Crippen LogP) is 3.94. The minimum atomic E-state index is -0.309. The zero-order chi connectivity index (χ0) is 17.1. The molecule has 1 aliphatic heterocycles. The first-order chi connectivity index (χ1) is 11.7. The van der Waals surface area contributed by atoms with Crippen LogP contribution >= 0.6 is 11.3 Å². The molecule has 0 bridgehead atoms. The van der Waals surface area contributed by atoms with Crippen molar-refractivity contribution in [3.63, 3.8) is 0 Å². The SMILES string of the molecule is CCCC(=O)N1N=C(c2cccs2)C[C@H]1c1cccc(OC)c1O. The molecule has 1 amide bonds. The molecule has 6 heteroatoms. The Kier molecular flexibility index (Phi) is 4.85. The van der Waals surface area contributed by atoms with Crippen LogP contribution in [0.25, 0.3) is 0 Å². The maximum atomic E-state index is 12.5. The third-order valence-corrected chi connectivity index (χ3v) is 4.96. The molecule has 1 atom stereocenters. The Morgan fingerprint density at radius 2 is 2.25 bits per heavy atom. The van der Waals surface area contributed by atoms with E-state index in [1.54, 1.807) is 17.4 Å². The lowest BCUT2D eigenvalue weighted by Crippen LogP contribution is -2.26. The van der Waals surface area contributed by atoms with Gasteiger partial charge in [0, 0.05) is 18.4 Å². The summed E-state index contributed by atoms with van der Waals surface area (Å²) < 4.78 is 5.20. The first-order valence-corrected chi connectivity index (χ1v) is 8.83. The van der Waals surface area contributed by atoms with Crippen LogP contribution in [0.15, 0.2) is 40.8 Å². The number of thiophene rings is 1. The van der Waals surface area contributed by atoms with Gasteiger partial charge in [0.2, 0.25) is 5.91 Å². The lowest BCUT2D eigenvalue weighted by Gasteiger charge is -2.23. The highest BCUT2D eigenvalue weighted by molar-refractivity contribution is 7.12. The Morgan fingerprint density at radius 3 is 2.92 bits per heavy atom. The highest BCUT2D eigenvalue weighted by Gasteiger charge is 2.35. The number of rotatable bonds is 5. The van der Waals surface area contributed by atoms with Crippen LogP contribution in [0.2, 0.25) is 0 Å². The Labute approximate surface area is 145 Å². The van der Waals surface area contributed by atoms with E-state index < -0.39 is 0 Å². The van der Waals surface area contributed by atoms with E-state index in [-0.39, 0.29) is 17.7 Å². The first-order valence-electron chi connectivity index (χ1n) is 7.95. The van der Waals surface area contributed by atoms with Crippen LogP contribution in [0.4, 0.5) is 0 Å². The summed E-state index contributed by atoms with van der Waals surface area (Å²) in [6, 6.07) is 9.00. The van der Waals surface area contributed by atoms with E-state index in [0.717, 1.165) is 17.0 Å². The van der Waals surface area contributed by atoms with Gasteiger partial charge in [0.25, 0.3) is 0 Å². The zero-order valence-corrected chi connectivity index (χ0v) is 14.5. The molecular formula is C18H20N2O3S. The van der Waals surface area contributed by atoms with E-state index >= 15 is 0 Å². The van der Waals surface area contributed by atoms with E-state index in [2.05, 4.69) is 5.10 Å². The molecule has 2 aromatic rings. The van der Waals surface area contributed by atoms with Gasteiger partial charge in [0.05, 0.1) is 23.7 Å². The number of carbonyl (C=O) groups is 1.